The van der Waals surface area contributed by atoms with Crippen molar-refractivity contribution in [3.63, 3.8) is 0 Å². The molecule has 1 aliphatic rings. The fraction of sp³-hybridized carbons (Fsp3) is 0.292. The van der Waals surface area contributed by atoms with Gasteiger partial charge in [-0.05, 0) is 19.1 Å². The lowest BCUT2D eigenvalue weighted by molar-refractivity contribution is -0.130. The second-order valence-electron chi connectivity index (χ2n) is 7.86. The summed E-state index contributed by atoms with van der Waals surface area (Å²) in [5.41, 5.74) is 3.86. The van der Waals surface area contributed by atoms with Gasteiger partial charge in [0.1, 0.15) is 5.82 Å². The van der Waals surface area contributed by atoms with E-state index in [2.05, 4.69) is 22.3 Å². The standard InChI is InChI=1S/C24H27N5O2/c1-18-8-10-20(11-9-18)22-16-23(29(26-22)21-6-4-3-5-7-21)25-24(31)17-27-12-14-28(15-13-27)19(2)30/h3-11,16H,12-15,17H2,1-2H3,(H,25,31). The van der Waals surface area contributed by atoms with E-state index in [1.54, 1.807) is 11.6 Å². The molecule has 0 atom stereocenters. The van der Waals surface area contributed by atoms with Crippen LogP contribution >= 0.6 is 0 Å². The smallest absolute Gasteiger partial charge is 0.239 e. The molecule has 1 fully saturated rings. The number of carbonyl (C=O) groups excluding carboxylic acids is 2. The SMILES string of the molecule is CC(=O)N1CCN(CC(=O)Nc2cc(-c3ccc(C)cc3)nn2-c2ccccc2)CC1. The summed E-state index contributed by atoms with van der Waals surface area (Å²) in [4.78, 5) is 28.2. The maximum absolute atomic E-state index is 12.8. The van der Waals surface area contributed by atoms with Crippen LogP contribution in [0.25, 0.3) is 16.9 Å². The number of rotatable bonds is 5. The molecule has 4 rings (SSSR count). The molecule has 0 bridgehead atoms. The average molecular weight is 418 g/mol. The number of anilines is 1. The highest BCUT2D eigenvalue weighted by atomic mass is 16.2. The Labute approximate surface area is 182 Å². The Balaban J connectivity index is 1.52. The number of nitrogens with zero attached hydrogens (tertiary/aromatic N) is 4. The number of benzene rings is 2. The summed E-state index contributed by atoms with van der Waals surface area (Å²) in [6.07, 6.45) is 0. The zero-order valence-corrected chi connectivity index (χ0v) is 17.9. The zero-order valence-electron chi connectivity index (χ0n) is 17.9. The highest BCUT2D eigenvalue weighted by Gasteiger charge is 2.21. The lowest BCUT2D eigenvalue weighted by atomic mass is 10.1. The minimum Gasteiger partial charge on any atom is -0.340 e. The van der Waals surface area contributed by atoms with E-state index in [0.717, 1.165) is 16.9 Å². The van der Waals surface area contributed by atoms with Gasteiger partial charge in [0.15, 0.2) is 0 Å². The minimum atomic E-state index is -0.0937. The molecule has 0 aliphatic carbocycles. The molecule has 7 nitrogen and oxygen atoms in total. The summed E-state index contributed by atoms with van der Waals surface area (Å²) in [6.45, 7) is 6.61. The van der Waals surface area contributed by atoms with Crippen LogP contribution in [0.5, 0.6) is 0 Å². The fourth-order valence-electron chi connectivity index (χ4n) is 3.71. The molecule has 0 spiro atoms. The molecule has 0 radical (unpaired) electrons. The van der Waals surface area contributed by atoms with Crippen LogP contribution in [0.2, 0.25) is 0 Å². The Morgan fingerprint density at radius 1 is 0.968 bits per heavy atom. The van der Waals surface area contributed by atoms with Crippen molar-refractivity contribution in [2.24, 2.45) is 0 Å². The first-order valence-corrected chi connectivity index (χ1v) is 10.5. The highest BCUT2D eigenvalue weighted by molar-refractivity contribution is 5.92. The Morgan fingerprint density at radius 2 is 1.65 bits per heavy atom. The number of para-hydroxylation sites is 1. The number of carbonyl (C=O) groups is 2. The largest absolute Gasteiger partial charge is 0.340 e. The van der Waals surface area contributed by atoms with Crippen LogP contribution in [0.1, 0.15) is 12.5 Å². The van der Waals surface area contributed by atoms with Crippen LogP contribution in [0.3, 0.4) is 0 Å². The molecule has 2 aromatic carbocycles. The molecule has 1 aliphatic heterocycles. The van der Waals surface area contributed by atoms with Crippen molar-refractivity contribution in [1.82, 2.24) is 19.6 Å². The van der Waals surface area contributed by atoms with Gasteiger partial charge in [-0.25, -0.2) is 4.68 Å². The van der Waals surface area contributed by atoms with E-state index in [9.17, 15) is 9.59 Å². The summed E-state index contributed by atoms with van der Waals surface area (Å²) >= 11 is 0. The van der Waals surface area contributed by atoms with E-state index >= 15 is 0 Å². The topological polar surface area (TPSA) is 70.5 Å². The second kappa shape index (κ2) is 9.14. The van der Waals surface area contributed by atoms with Crippen LogP contribution in [-0.2, 0) is 9.59 Å². The van der Waals surface area contributed by atoms with E-state index in [0.29, 0.717) is 32.0 Å². The molecule has 1 saturated heterocycles. The normalized spacial score (nSPS) is 14.5. The summed E-state index contributed by atoms with van der Waals surface area (Å²) < 4.78 is 1.76. The van der Waals surface area contributed by atoms with E-state index in [4.69, 9.17) is 5.10 Å². The Hall–Kier alpha value is -3.45. The molecule has 1 aromatic heterocycles. The molecule has 7 heteroatoms. The minimum absolute atomic E-state index is 0.0829. The van der Waals surface area contributed by atoms with Crippen LogP contribution in [0, 0.1) is 6.92 Å². The first kappa shape index (κ1) is 20.8. The molecule has 2 heterocycles. The van der Waals surface area contributed by atoms with Crippen molar-refractivity contribution in [2.75, 3.05) is 38.0 Å². The van der Waals surface area contributed by atoms with Crippen molar-refractivity contribution in [1.29, 1.82) is 0 Å². The molecule has 3 aromatic rings. The van der Waals surface area contributed by atoms with Gasteiger partial charge in [0.05, 0.1) is 17.9 Å². The van der Waals surface area contributed by atoms with Crippen molar-refractivity contribution < 1.29 is 9.59 Å². The predicted molar refractivity (Wildman–Crippen MR) is 121 cm³/mol. The number of aromatic nitrogens is 2. The summed E-state index contributed by atoms with van der Waals surface area (Å²) in [5.74, 6) is 0.623. The number of piperazine rings is 1. The number of aryl methyl sites for hydroxylation is 1. The molecule has 31 heavy (non-hydrogen) atoms. The van der Waals surface area contributed by atoms with E-state index < -0.39 is 0 Å². The van der Waals surface area contributed by atoms with Crippen molar-refractivity contribution in [2.45, 2.75) is 13.8 Å². The van der Waals surface area contributed by atoms with Gasteiger partial charge in [0, 0.05) is 44.7 Å². The van der Waals surface area contributed by atoms with Gasteiger partial charge >= 0.3 is 0 Å². The number of nitrogens with one attached hydrogen (secondary N) is 1. The van der Waals surface area contributed by atoms with Gasteiger partial charge < -0.3 is 10.2 Å². The van der Waals surface area contributed by atoms with Crippen molar-refractivity contribution in [3.8, 4) is 16.9 Å². The van der Waals surface area contributed by atoms with E-state index in [1.165, 1.54) is 5.56 Å². The molecule has 0 saturated carbocycles. The molecule has 2 amide bonds. The molecule has 160 valence electrons. The molecule has 0 unspecified atom stereocenters. The maximum Gasteiger partial charge on any atom is 0.239 e. The first-order valence-electron chi connectivity index (χ1n) is 10.5. The third-order valence-electron chi connectivity index (χ3n) is 5.51. The van der Waals surface area contributed by atoms with Crippen LogP contribution in [0.15, 0.2) is 60.7 Å². The average Bonchev–Trinajstić information content (AvgIpc) is 3.18. The summed E-state index contributed by atoms with van der Waals surface area (Å²) in [7, 11) is 0. The molecular formula is C24H27N5O2. The first-order chi connectivity index (χ1) is 15.0. The fourth-order valence-corrected chi connectivity index (χ4v) is 3.71. The lowest BCUT2D eigenvalue weighted by Crippen LogP contribution is -2.49. The summed E-state index contributed by atoms with van der Waals surface area (Å²) in [6, 6.07) is 19.8. The number of hydrogen-bond acceptors (Lipinski definition) is 4. The Bertz CT molecular complexity index is 1050. The third-order valence-corrected chi connectivity index (χ3v) is 5.51. The predicted octanol–water partition coefficient (Wildman–Crippen LogP) is 2.95. The van der Waals surface area contributed by atoms with Crippen LogP contribution in [-0.4, -0.2) is 64.1 Å². The second-order valence-corrected chi connectivity index (χ2v) is 7.86. The van der Waals surface area contributed by atoms with Gasteiger partial charge in [-0.1, -0.05) is 48.0 Å². The van der Waals surface area contributed by atoms with Gasteiger partial charge in [0.2, 0.25) is 11.8 Å². The van der Waals surface area contributed by atoms with Crippen LogP contribution in [0.4, 0.5) is 5.82 Å². The van der Waals surface area contributed by atoms with Gasteiger partial charge in [0.25, 0.3) is 0 Å². The number of hydrogen-bond donors (Lipinski definition) is 1. The highest BCUT2D eigenvalue weighted by Crippen LogP contribution is 2.25. The quantitative estimate of drug-likeness (QED) is 0.693. The maximum atomic E-state index is 12.8. The zero-order chi connectivity index (χ0) is 21.8. The van der Waals surface area contributed by atoms with E-state index in [1.807, 2.05) is 60.4 Å². The van der Waals surface area contributed by atoms with Gasteiger partial charge in [-0.15, -0.1) is 0 Å². The van der Waals surface area contributed by atoms with Gasteiger partial charge in [-0.2, -0.15) is 5.10 Å². The lowest BCUT2D eigenvalue weighted by Gasteiger charge is -2.33. The molecule has 1 N–H and O–H groups in total. The number of amides is 2. The summed E-state index contributed by atoms with van der Waals surface area (Å²) in [5, 5.41) is 7.78. The van der Waals surface area contributed by atoms with Crippen molar-refractivity contribution in [3.05, 3.63) is 66.2 Å². The Kier molecular flexibility index (Phi) is 6.13. The monoisotopic (exact) mass is 417 g/mol. The van der Waals surface area contributed by atoms with Crippen molar-refractivity contribution >= 4 is 17.6 Å². The van der Waals surface area contributed by atoms with Crippen LogP contribution < -0.4 is 5.32 Å². The van der Waals surface area contributed by atoms with Gasteiger partial charge in [-0.3, -0.25) is 14.5 Å². The molecular weight excluding hydrogens is 390 g/mol. The Morgan fingerprint density at radius 3 is 2.29 bits per heavy atom. The van der Waals surface area contributed by atoms with E-state index in [-0.39, 0.29) is 18.4 Å². The third kappa shape index (κ3) is 5.00.